The molecule has 0 aromatic heterocycles. The maximum atomic E-state index is 8.18. The van der Waals surface area contributed by atoms with E-state index in [0.29, 0.717) is 12.8 Å². The van der Waals surface area contributed by atoms with Gasteiger partial charge in [-0.2, -0.15) is 5.26 Å². The van der Waals surface area contributed by atoms with Crippen molar-refractivity contribution >= 4 is 0 Å². The molecule has 0 aromatic carbocycles. The van der Waals surface area contributed by atoms with Crippen LogP contribution in [-0.4, -0.2) is 11.7 Å². The SMILES string of the molecule is N#CCCCC#CCO. The number of nitriles is 1. The van der Waals surface area contributed by atoms with Crippen molar-refractivity contribution in [2.45, 2.75) is 19.3 Å². The van der Waals surface area contributed by atoms with Crippen LogP contribution in [-0.2, 0) is 0 Å². The van der Waals surface area contributed by atoms with Crippen molar-refractivity contribution in [1.82, 2.24) is 0 Å². The second kappa shape index (κ2) is 7.01. The Hall–Kier alpha value is -0.990. The van der Waals surface area contributed by atoms with Crippen molar-refractivity contribution in [2.75, 3.05) is 6.61 Å². The Balaban J connectivity index is 3.01. The van der Waals surface area contributed by atoms with Gasteiger partial charge in [0.05, 0.1) is 6.07 Å². The number of aliphatic hydroxyl groups is 1. The van der Waals surface area contributed by atoms with E-state index in [4.69, 9.17) is 10.4 Å². The lowest BCUT2D eigenvalue weighted by Gasteiger charge is -1.80. The first-order valence-electron chi connectivity index (χ1n) is 2.85. The first kappa shape index (κ1) is 8.01. The number of hydrogen-bond donors (Lipinski definition) is 1. The molecule has 0 radical (unpaired) electrons. The Labute approximate surface area is 55.1 Å². The minimum absolute atomic E-state index is 0.0768. The highest BCUT2D eigenvalue weighted by Gasteiger charge is 1.78. The van der Waals surface area contributed by atoms with Crippen molar-refractivity contribution < 1.29 is 5.11 Å². The predicted octanol–water partition coefficient (Wildman–Crippen LogP) is 0.676. The van der Waals surface area contributed by atoms with Crippen LogP contribution in [0.4, 0.5) is 0 Å². The van der Waals surface area contributed by atoms with Gasteiger partial charge in [0.15, 0.2) is 0 Å². The van der Waals surface area contributed by atoms with Gasteiger partial charge in [-0.3, -0.25) is 0 Å². The van der Waals surface area contributed by atoms with E-state index in [1.54, 1.807) is 0 Å². The van der Waals surface area contributed by atoms with Crippen LogP contribution in [0.15, 0.2) is 0 Å². The van der Waals surface area contributed by atoms with E-state index < -0.39 is 0 Å². The van der Waals surface area contributed by atoms with Crippen LogP contribution in [0.1, 0.15) is 19.3 Å². The standard InChI is InChI=1S/C7H9NO/c8-6-4-2-1-3-5-7-9/h9H,1-2,4,7H2. The summed E-state index contributed by atoms with van der Waals surface area (Å²) in [5, 5.41) is 16.3. The monoisotopic (exact) mass is 123 g/mol. The molecule has 0 aromatic rings. The van der Waals surface area contributed by atoms with Crippen LogP contribution in [0.2, 0.25) is 0 Å². The van der Waals surface area contributed by atoms with Gasteiger partial charge in [0.2, 0.25) is 0 Å². The Morgan fingerprint density at radius 3 is 2.56 bits per heavy atom. The van der Waals surface area contributed by atoms with Crippen molar-refractivity contribution in [3.05, 3.63) is 0 Å². The van der Waals surface area contributed by atoms with Gasteiger partial charge in [-0.15, -0.1) is 5.92 Å². The maximum absolute atomic E-state index is 8.18. The maximum Gasteiger partial charge on any atom is 0.104 e. The van der Waals surface area contributed by atoms with Crippen LogP contribution in [0.5, 0.6) is 0 Å². The van der Waals surface area contributed by atoms with E-state index in [9.17, 15) is 0 Å². The van der Waals surface area contributed by atoms with E-state index in [-0.39, 0.29) is 6.61 Å². The Morgan fingerprint density at radius 1 is 1.22 bits per heavy atom. The Morgan fingerprint density at radius 2 is 2.00 bits per heavy atom. The van der Waals surface area contributed by atoms with E-state index in [2.05, 4.69) is 11.8 Å². The molecule has 0 heterocycles. The summed E-state index contributed by atoms with van der Waals surface area (Å²) in [6.45, 7) is -0.0768. The summed E-state index contributed by atoms with van der Waals surface area (Å²) in [6.07, 6.45) is 2.08. The highest BCUT2D eigenvalue weighted by molar-refractivity contribution is 4.98. The average molecular weight is 123 g/mol. The highest BCUT2D eigenvalue weighted by Crippen LogP contribution is 1.89. The first-order chi connectivity index (χ1) is 4.41. The lowest BCUT2D eigenvalue weighted by Crippen LogP contribution is -1.73. The summed E-state index contributed by atoms with van der Waals surface area (Å²) >= 11 is 0. The average Bonchev–Trinajstić information content (AvgIpc) is 1.89. The third-order valence-electron chi connectivity index (χ3n) is 0.794. The molecule has 0 saturated heterocycles. The van der Waals surface area contributed by atoms with Gasteiger partial charge in [0, 0.05) is 12.8 Å². The number of nitrogens with zero attached hydrogens (tertiary/aromatic N) is 1. The van der Waals surface area contributed by atoms with Gasteiger partial charge >= 0.3 is 0 Å². The molecule has 0 bridgehead atoms. The van der Waals surface area contributed by atoms with Gasteiger partial charge < -0.3 is 5.11 Å². The Bertz CT molecular complexity index is 147. The zero-order valence-corrected chi connectivity index (χ0v) is 5.22. The zero-order valence-electron chi connectivity index (χ0n) is 5.22. The van der Waals surface area contributed by atoms with Crippen LogP contribution >= 0.6 is 0 Å². The molecule has 0 fully saturated rings. The van der Waals surface area contributed by atoms with Gasteiger partial charge in [-0.1, -0.05) is 5.92 Å². The summed E-state index contributed by atoms with van der Waals surface area (Å²) in [4.78, 5) is 0. The van der Waals surface area contributed by atoms with Crippen molar-refractivity contribution in [3.8, 4) is 17.9 Å². The summed E-state index contributed by atoms with van der Waals surface area (Å²) < 4.78 is 0. The fraction of sp³-hybridized carbons (Fsp3) is 0.571. The fourth-order valence-corrected chi connectivity index (χ4v) is 0.400. The van der Waals surface area contributed by atoms with E-state index in [0.717, 1.165) is 6.42 Å². The molecular weight excluding hydrogens is 114 g/mol. The number of rotatable bonds is 2. The number of aliphatic hydroxyl groups excluding tert-OH is 1. The lowest BCUT2D eigenvalue weighted by atomic mass is 10.2. The van der Waals surface area contributed by atoms with Crippen LogP contribution in [0.25, 0.3) is 0 Å². The van der Waals surface area contributed by atoms with Gasteiger partial charge in [0.1, 0.15) is 6.61 Å². The highest BCUT2D eigenvalue weighted by atomic mass is 16.2. The quantitative estimate of drug-likeness (QED) is 0.433. The normalized spacial score (nSPS) is 7.11. The molecular formula is C7H9NO. The third kappa shape index (κ3) is 7.01. The number of hydrogen-bond acceptors (Lipinski definition) is 2. The second-order valence-electron chi connectivity index (χ2n) is 1.52. The van der Waals surface area contributed by atoms with Crippen LogP contribution in [0, 0.1) is 23.2 Å². The molecule has 48 valence electrons. The molecule has 2 heteroatoms. The minimum Gasteiger partial charge on any atom is -0.384 e. The van der Waals surface area contributed by atoms with Crippen molar-refractivity contribution in [2.24, 2.45) is 0 Å². The van der Waals surface area contributed by atoms with E-state index >= 15 is 0 Å². The molecule has 2 nitrogen and oxygen atoms in total. The zero-order chi connectivity index (χ0) is 6.95. The van der Waals surface area contributed by atoms with Gasteiger partial charge in [-0.05, 0) is 6.42 Å². The summed E-state index contributed by atoms with van der Waals surface area (Å²) in [6, 6.07) is 2.01. The molecule has 0 atom stereocenters. The van der Waals surface area contributed by atoms with Gasteiger partial charge in [-0.25, -0.2) is 0 Å². The van der Waals surface area contributed by atoms with Gasteiger partial charge in [0.25, 0.3) is 0 Å². The molecule has 0 aliphatic heterocycles. The first-order valence-corrected chi connectivity index (χ1v) is 2.85. The minimum atomic E-state index is -0.0768. The summed E-state index contributed by atoms with van der Waals surface area (Å²) in [5.74, 6) is 5.22. The molecule has 0 aliphatic carbocycles. The Kier molecular flexibility index (Phi) is 6.24. The second-order valence-corrected chi connectivity index (χ2v) is 1.52. The van der Waals surface area contributed by atoms with Crippen LogP contribution < -0.4 is 0 Å². The smallest absolute Gasteiger partial charge is 0.104 e. The molecule has 0 saturated carbocycles. The van der Waals surface area contributed by atoms with E-state index in [1.807, 2.05) is 6.07 Å². The molecule has 0 spiro atoms. The van der Waals surface area contributed by atoms with Crippen molar-refractivity contribution in [1.29, 1.82) is 5.26 Å². The molecule has 0 amide bonds. The number of unbranched alkanes of at least 4 members (excludes halogenated alkanes) is 2. The topological polar surface area (TPSA) is 44.0 Å². The van der Waals surface area contributed by atoms with E-state index in [1.165, 1.54) is 0 Å². The third-order valence-corrected chi connectivity index (χ3v) is 0.794. The fourth-order valence-electron chi connectivity index (χ4n) is 0.400. The molecule has 9 heavy (non-hydrogen) atoms. The summed E-state index contributed by atoms with van der Waals surface area (Å²) in [5.41, 5.74) is 0. The summed E-state index contributed by atoms with van der Waals surface area (Å²) in [7, 11) is 0. The predicted molar refractivity (Wildman–Crippen MR) is 34.3 cm³/mol. The largest absolute Gasteiger partial charge is 0.384 e. The van der Waals surface area contributed by atoms with Crippen LogP contribution in [0.3, 0.4) is 0 Å². The molecule has 0 unspecified atom stereocenters. The molecule has 1 N–H and O–H groups in total. The molecule has 0 aliphatic rings. The van der Waals surface area contributed by atoms with Crippen molar-refractivity contribution in [3.63, 3.8) is 0 Å². The molecule has 0 rings (SSSR count). The lowest BCUT2D eigenvalue weighted by molar-refractivity contribution is 0.350.